The first-order valence-electron chi connectivity index (χ1n) is 10.3. The van der Waals surface area contributed by atoms with Gasteiger partial charge in [0.1, 0.15) is 0 Å². The first-order valence-corrected chi connectivity index (χ1v) is 11.1. The molecule has 31 heavy (non-hydrogen) atoms. The van der Waals surface area contributed by atoms with Crippen molar-refractivity contribution >= 4 is 21.5 Å². The molecule has 0 amide bonds. The molecule has 150 valence electrons. The van der Waals surface area contributed by atoms with Gasteiger partial charge >= 0.3 is 0 Å². The van der Waals surface area contributed by atoms with E-state index in [-0.39, 0.29) is 5.92 Å². The molecule has 1 aliphatic rings. The third-order valence-electron chi connectivity index (χ3n) is 5.34. The molecular formula is C27H20BrN3. The van der Waals surface area contributed by atoms with Crippen molar-refractivity contribution in [1.82, 2.24) is 15.0 Å². The minimum atomic E-state index is 0.287. The summed E-state index contributed by atoms with van der Waals surface area (Å²) < 4.78 is 1.09. The standard InChI is InChI=1S/C27H20BrN3/c28-24-16-8-14-22(18-24)21-13-7-15-23(17-21)27-30-25(19-9-3-1-4-10-19)29-26(31-27)20-11-5-2-6-12-20/h1-16,18,21H,17H2. The van der Waals surface area contributed by atoms with E-state index in [0.717, 1.165) is 33.4 Å². The van der Waals surface area contributed by atoms with Crippen LogP contribution < -0.4 is 0 Å². The highest BCUT2D eigenvalue weighted by Crippen LogP contribution is 2.34. The van der Waals surface area contributed by atoms with E-state index in [0.29, 0.717) is 11.6 Å². The van der Waals surface area contributed by atoms with Gasteiger partial charge in [-0.05, 0) is 29.7 Å². The highest BCUT2D eigenvalue weighted by Gasteiger charge is 2.19. The molecule has 1 unspecified atom stereocenters. The van der Waals surface area contributed by atoms with Gasteiger partial charge in [0, 0.05) is 21.5 Å². The van der Waals surface area contributed by atoms with Crippen molar-refractivity contribution in [1.29, 1.82) is 0 Å². The van der Waals surface area contributed by atoms with E-state index >= 15 is 0 Å². The SMILES string of the molecule is Brc1cccc(C2C=CC=C(c3nc(-c4ccccc4)nc(-c4ccccc4)n3)C2)c1. The van der Waals surface area contributed by atoms with Crippen LogP contribution in [0.5, 0.6) is 0 Å². The Bertz CT molecular complexity index is 1210. The average molecular weight is 466 g/mol. The number of benzene rings is 3. The van der Waals surface area contributed by atoms with Gasteiger partial charge in [-0.15, -0.1) is 0 Å². The van der Waals surface area contributed by atoms with E-state index in [1.165, 1.54) is 5.56 Å². The zero-order valence-electron chi connectivity index (χ0n) is 16.8. The van der Waals surface area contributed by atoms with Crippen LogP contribution in [-0.4, -0.2) is 15.0 Å². The van der Waals surface area contributed by atoms with Crippen molar-refractivity contribution in [2.45, 2.75) is 12.3 Å². The summed E-state index contributed by atoms with van der Waals surface area (Å²) in [6, 6.07) is 28.6. The van der Waals surface area contributed by atoms with Gasteiger partial charge in [0.25, 0.3) is 0 Å². The lowest BCUT2D eigenvalue weighted by Crippen LogP contribution is -2.07. The number of aromatic nitrogens is 3. The van der Waals surface area contributed by atoms with Gasteiger partial charge in [-0.2, -0.15) is 0 Å². The number of nitrogens with zero attached hydrogens (tertiary/aromatic N) is 3. The van der Waals surface area contributed by atoms with Gasteiger partial charge in [-0.1, -0.05) is 107 Å². The second-order valence-electron chi connectivity index (χ2n) is 7.48. The van der Waals surface area contributed by atoms with E-state index in [4.69, 9.17) is 15.0 Å². The van der Waals surface area contributed by atoms with Crippen LogP contribution in [0.2, 0.25) is 0 Å². The summed E-state index contributed by atoms with van der Waals surface area (Å²) >= 11 is 3.59. The van der Waals surface area contributed by atoms with Crippen LogP contribution >= 0.6 is 15.9 Å². The van der Waals surface area contributed by atoms with Crippen molar-refractivity contribution in [2.75, 3.05) is 0 Å². The lowest BCUT2D eigenvalue weighted by molar-refractivity contribution is 0.852. The molecule has 1 atom stereocenters. The van der Waals surface area contributed by atoms with Crippen molar-refractivity contribution < 1.29 is 0 Å². The summed E-state index contributed by atoms with van der Waals surface area (Å²) in [6.45, 7) is 0. The fourth-order valence-electron chi connectivity index (χ4n) is 3.76. The molecular weight excluding hydrogens is 446 g/mol. The molecule has 0 aliphatic heterocycles. The molecule has 3 aromatic carbocycles. The van der Waals surface area contributed by atoms with Gasteiger partial charge in [0.2, 0.25) is 0 Å². The summed E-state index contributed by atoms with van der Waals surface area (Å²) in [7, 11) is 0. The van der Waals surface area contributed by atoms with Crippen LogP contribution in [0.1, 0.15) is 23.7 Å². The molecule has 5 rings (SSSR count). The van der Waals surface area contributed by atoms with Crippen LogP contribution in [0.15, 0.2) is 108 Å². The second kappa shape index (κ2) is 8.78. The largest absolute Gasteiger partial charge is 0.209 e. The third-order valence-corrected chi connectivity index (χ3v) is 5.84. The van der Waals surface area contributed by atoms with E-state index < -0.39 is 0 Å². The topological polar surface area (TPSA) is 38.7 Å². The molecule has 0 fully saturated rings. The molecule has 4 aromatic rings. The number of rotatable bonds is 4. The molecule has 0 saturated heterocycles. The zero-order chi connectivity index (χ0) is 21.0. The molecule has 1 heterocycles. The van der Waals surface area contributed by atoms with Crippen LogP contribution in [0.25, 0.3) is 28.3 Å². The molecule has 0 N–H and O–H groups in total. The van der Waals surface area contributed by atoms with Crippen LogP contribution in [0, 0.1) is 0 Å². The van der Waals surface area contributed by atoms with Crippen molar-refractivity contribution in [3.8, 4) is 22.8 Å². The number of allylic oxidation sites excluding steroid dienone is 4. The summed E-state index contributed by atoms with van der Waals surface area (Å²) in [5.41, 5.74) is 4.36. The van der Waals surface area contributed by atoms with Crippen LogP contribution in [-0.2, 0) is 0 Å². The highest BCUT2D eigenvalue weighted by molar-refractivity contribution is 9.10. The van der Waals surface area contributed by atoms with Gasteiger partial charge in [-0.3, -0.25) is 0 Å². The third kappa shape index (κ3) is 4.39. The summed E-state index contributed by atoms with van der Waals surface area (Å²) in [5, 5.41) is 0. The average Bonchev–Trinajstić information content (AvgIpc) is 2.85. The summed E-state index contributed by atoms with van der Waals surface area (Å²) in [5.74, 6) is 2.41. The van der Waals surface area contributed by atoms with Gasteiger partial charge < -0.3 is 0 Å². The Kier molecular flexibility index (Phi) is 5.55. The Morgan fingerprint density at radius 2 is 1.29 bits per heavy atom. The van der Waals surface area contributed by atoms with E-state index in [1.54, 1.807) is 0 Å². The van der Waals surface area contributed by atoms with Gasteiger partial charge in [-0.25, -0.2) is 15.0 Å². The Hall–Kier alpha value is -3.37. The van der Waals surface area contributed by atoms with Gasteiger partial charge in [0.05, 0.1) is 0 Å². The Morgan fingerprint density at radius 3 is 1.90 bits per heavy atom. The molecule has 1 aromatic heterocycles. The minimum Gasteiger partial charge on any atom is -0.209 e. The molecule has 0 radical (unpaired) electrons. The lowest BCUT2D eigenvalue weighted by atomic mass is 9.88. The van der Waals surface area contributed by atoms with Crippen LogP contribution in [0.3, 0.4) is 0 Å². The Labute approximate surface area is 190 Å². The fourth-order valence-corrected chi connectivity index (χ4v) is 4.18. The number of halogens is 1. The Morgan fingerprint density at radius 1 is 0.677 bits per heavy atom. The predicted molar refractivity (Wildman–Crippen MR) is 129 cm³/mol. The highest BCUT2D eigenvalue weighted by atomic mass is 79.9. The van der Waals surface area contributed by atoms with Crippen molar-refractivity contribution in [2.24, 2.45) is 0 Å². The number of hydrogen-bond donors (Lipinski definition) is 0. The van der Waals surface area contributed by atoms with E-state index in [2.05, 4.69) is 58.4 Å². The maximum atomic E-state index is 4.86. The fraction of sp³-hybridized carbons (Fsp3) is 0.0741. The normalized spacial score (nSPS) is 15.5. The van der Waals surface area contributed by atoms with Crippen LogP contribution in [0.4, 0.5) is 0 Å². The summed E-state index contributed by atoms with van der Waals surface area (Å²) in [4.78, 5) is 14.5. The lowest BCUT2D eigenvalue weighted by Gasteiger charge is -2.19. The second-order valence-corrected chi connectivity index (χ2v) is 8.40. The van der Waals surface area contributed by atoms with Crippen molar-refractivity contribution in [3.05, 3.63) is 119 Å². The zero-order valence-corrected chi connectivity index (χ0v) is 18.4. The smallest absolute Gasteiger partial charge is 0.164 e. The quantitative estimate of drug-likeness (QED) is 0.322. The van der Waals surface area contributed by atoms with Crippen molar-refractivity contribution in [3.63, 3.8) is 0 Å². The first kappa shape index (κ1) is 19.6. The molecule has 3 nitrogen and oxygen atoms in total. The van der Waals surface area contributed by atoms with E-state index in [1.807, 2.05) is 60.7 Å². The molecule has 1 aliphatic carbocycles. The predicted octanol–water partition coefficient (Wildman–Crippen LogP) is 7.10. The monoisotopic (exact) mass is 465 g/mol. The number of hydrogen-bond acceptors (Lipinski definition) is 3. The summed E-state index contributed by atoms with van der Waals surface area (Å²) in [6.07, 6.45) is 7.31. The van der Waals surface area contributed by atoms with Gasteiger partial charge in [0.15, 0.2) is 17.5 Å². The molecule has 4 heteroatoms. The molecule has 0 bridgehead atoms. The van der Waals surface area contributed by atoms with E-state index in [9.17, 15) is 0 Å². The molecule has 0 spiro atoms. The maximum Gasteiger partial charge on any atom is 0.164 e. The maximum absolute atomic E-state index is 4.86. The molecule has 0 saturated carbocycles. The Balaban J connectivity index is 1.57. The first-order chi connectivity index (χ1) is 15.3. The minimum absolute atomic E-state index is 0.287.